The lowest BCUT2D eigenvalue weighted by atomic mass is 9.92. The van der Waals surface area contributed by atoms with Crippen LogP contribution in [0.3, 0.4) is 0 Å². The van der Waals surface area contributed by atoms with Gasteiger partial charge in [-0.15, -0.1) is 0 Å². The first-order chi connectivity index (χ1) is 15.9. The number of alkyl halides is 3. The molecule has 0 radical (unpaired) electrons. The minimum absolute atomic E-state index is 0.0165. The Morgan fingerprint density at radius 1 is 1.32 bits per heavy atom. The predicted molar refractivity (Wildman–Crippen MR) is 116 cm³/mol. The summed E-state index contributed by atoms with van der Waals surface area (Å²) in [6, 6.07) is 2.82. The molecule has 180 valence electrons. The van der Waals surface area contributed by atoms with Gasteiger partial charge in [0.1, 0.15) is 24.3 Å². The van der Waals surface area contributed by atoms with Crippen molar-refractivity contribution in [2.75, 3.05) is 28.6 Å². The maximum atomic E-state index is 12.8. The second-order valence-electron chi connectivity index (χ2n) is 8.52. The number of amides is 2. The van der Waals surface area contributed by atoms with Gasteiger partial charge in [-0.05, 0) is 18.6 Å². The number of pyridine rings is 1. The van der Waals surface area contributed by atoms with Crippen LogP contribution < -0.4 is 15.5 Å². The van der Waals surface area contributed by atoms with Crippen LogP contribution >= 0.6 is 0 Å². The third-order valence-corrected chi connectivity index (χ3v) is 5.31. The molecule has 3 aromatic heterocycles. The molecule has 13 heteroatoms. The summed E-state index contributed by atoms with van der Waals surface area (Å²) in [6.07, 6.45) is 0.275. The Kier molecular flexibility index (Phi) is 5.79. The molecule has 0 aliphatic carbocycles. The highest BCUT2D eigenvalue weighted by molar-refractivity contribution is 6.07. The Hall–Kier alpha value is -3.90. The van der Waals surface area contributed by atoms with Crippen LogP contribution in [0, 0.1) is 5.41 Å². The van der Waals surface area contributed by atoms with E-state index in [4.69, 9.17) is 4.42 Å². The first-order valence-corrected chi connectivity index (χ1v) is 10.3. The highest BCUT2D eigenvalue weighted by atomic mass is 19.4. The van der Waals surface area contributed by atoms with Crippen molar-refractivity contribution in [3.8, 4) is 11.5 Å². The molecule has 0 bridgehead atoms. The third-order valence-electron chi connectivity index (χ3n) is 5.31. The molecule has 4 rings (SSSR count). The van der Waals surface area contributed by atoms with Gasteiger partial charge in [0.05, 0.1) is 6.20 Å². The van der Waals surface area contributed by atoms with Crippen molar-refractivity contribution in [1.82, 2.24) is 19.7 Å². The van der Waals surface area contributed by atoms with Gasteiger partial charge in [-0.3, -0.25) is 19.2 Å². The fourth-order valence-electron chi connectivity index (χ4n) is 3.48. The van der Waals surface area contributed by atoms with E-state index in [-0.39, 0.29) is 23.3 Å². The SMILES string of the molecule is Cn1cc(NC(=O)c2coc(-c3ccnc(NCC(F)(F)F)c3)n2)c(N2CCC(C)(C)C2=O)n1. The van der Waals surface area contributed by atoms with E-state index in [0.29, 0.717) is 30.0 Å². The van der Waals surface area contributed by atoms with Gasteiger partial charge >= 0.3 is 6.18 Å². The fourth-order valence-corrected chi connectivity index (χ4v) is 3.48. The summed E-state index contributed by atoms with van der Waals surface area (Å²) in [6.45, 7) is 2.95. The summed E-state index contributed by atoms with van der Waals surface area (Å²) in [5.41, 5.74) is 0.105. The molecule has 1 saturated heterocycles. The maximum Gasteiger partial charge on any atom is 0.405 e. The summed E-state index contributed by atoms with van der Waals surface area (Å²) in [5.74, 6) is -0.329. The van der Waals surface area contributed by atoms with Crippen LogP contribution in [-0.4, -0.2) is 50.8 Å². The summed E-state index contributed by atoms with van der Waals surface area (Å²) >= 11 is 0. The van der Waals surface area contributed by atoms with E-state index < -0.39 is 24.0 Å². The molecule has 0 atom stereocenters. The van der Waals surface area contributed by atoms with Crippen molar-refractivity contribution >= 4 is 29.1 Å². The first-order valence-electron chi connectivity index (χ1n) is 10.3. The van der Waals surface area contributed by atoms with Crippen molar-refractivity contribution in [1.29, 1.82) is 0 Å². The normalized spacial score (nSPS) is 15.6. The Morgan fingerprint density at radius 3 is 2.76 bits per heavy atom. The van der Waals surface area contributed by atoms with Crippen LogP contribution in [0.2, 0.25) is 0 Å². The van der Waals surface area contributed by atoms with Crippen molar-refractivity contribution in [3.63, 3.8) is 0 Å². The second kappa shape index (κ2) is 8.47. The number of halogens is 3. The monoisotopic (exact) mass is 477 g/mol. The van der Waals surface area contributed by atoms with Gasteiger partial charge in [-0.1, -0.05) is 13.8 Å². The highest BCUT2D eigenvalue weighted by Gasteiger charge is 2.41. The lowest BCUT2D eigenvalue weighted by molar-refractivity contribution is -0.124. The van der Waals surface area contributed by atoms with Gasteiger partial charge in [0.25, 0.3) is 5.91 Å². The number of carbonyl (C=O) groups is 2. The van der Waals surface area contributed by atoms with Crippen LogP contribution in [0.15, 0.2) is 35.2 Å². The number of nitrogens with zero attached hydrogens (tertiary/aromatic N) is 5. The largest absolute Gasteiger partial charge is 0.444 e. The zero-order chi connectivity index (χ0) is 24.7. The Balaban J connectivity index is 1.50. The smallest absolute Gasteiger partial charge is 0.405 e. The van der Waals surface area contributed by atoms with Crippen LogP contribution in [0.5, 0.6) is 0 Å². The lowest BCUT2D eigenvalue weighted by Gasteiger charge is -2.18. The number of carbonyl (C=O) groups excluding carboxylic acids is 2. The number of hydrogen-bond donors (Lipinski definition) is 2. The van der Waals surface area contributed by atoms with Gasteiger partial charge in [0, 0.05) is 30.8 Å². The molecule has 3 aromatic rings. The zero-order valence-electron chi connectivity index (χ0n) is 18.6. The van der Waals surface area contributed by atoms with Crippen LogP contribution in [0.25, 0.3) is 11.5 Å². The summed E-state index contributed by atoms with van der Waals surface area (Å²) in [7, 11) is 1.67. The van der Waals surface area contributed by atoms with Gasteiger partial charge in [0.2, 0.25) is 11.8 Å². The van der Waals surface area contributed by atoms with Crippen molar-refractivity contribution in [2.45, 2.75) is 26.4 Å². The standard InChI is InChI=1S/C21H22F3N7O3/c1-20(2)5-7-31(19(20)33)16-13(9-30(3)29-16)27-17(32)14-10-34-18(28-14)12-4-6-25-15(8-12)26-11-21(22,23)24/h4,6,8-10H,5,7,11H2,1-3H3,(H,25,26)(H,27,32). The number of aromatic nitrogens is 4. The number of rotatable bonds is 6. The molecule has 0 unspecified atom stereocenters. The first kappa shape index (κ1) is 23.3. The van der Waals surface area contributed by atoms with Crippen molar-refractivity contribution in [3.05, 3.63) is 36.5 Å². The molecule has 4 heterocycles. The van der Waals surface area contributed by atoms with E-state index >= 15 is 0 Å². The van der Waals surface area contributed by atoms with Gasteiger partial charge in [-0.2, -0.15) is 18.3 Å². The van der Waals surface area contributed by atoms with Crippen LogP contribution in [-0.2, 0) is 11.8 Å². The fraction of sp³-hybridized carbons (Fsp3) is 0.381. The molecule has 1 fully saturated rings. The Labute approximate surface area is 192 Å². The highest BCUT2D eigenvalue weighted by Crippen LogP contribution is 2.36. The summed E-state index contributed by atoms with van der Waals surface area (Å²) in [4.78, 5) is 35.0. The lowest BCUT2D eigenvalue weighted by Crippen LogP contribution is -2.32. The van der Waals surface area contributed by atoms with Gasteiger partial charge in [0.15, 0.2) is 11.5 Å². The van der Waals surface area contributed by atoms with E-state index in [2.05, 4.69) is 25.7 Å². The van der Waals surface area contributed by atoms with E-state index in [9.17, 15) is 22.8 Å². The summed E-state index contributed by atoms with van der Waals surface area (Å²) < 4.78 is 44.1. The number of hydrogen-bond acceptors (Lipinski definition) is 7. The average molecular weight is 477 g/mol. The van der Waals surface area contributed by atoms with Crippen molar-refractivity contribution < 1.29 is 27.2 Å². The van der Waals surface area contributed by atoms with Crippen molar-refractivity contribution in [2.24, 2.45) is 12.5 Å². The molecule has 0 spiro atoms. The predicted octanol–water partition coefficient (Wildman–Crippen LogP) is 3.46. The quantitative estimate of drug-likeness (QED) is 0.558. The number of anilines is 3. The zero-order valence-corrected chi connectivity index (χ0v) is 18.6. The molecule has 10 nitrogen and oxygen atoms in total. The van der Waals surface area contributed by atoms with Crippen LogP contribution in [0.1, 0.15) is 30.8 Å². The molecule has 2 N–H and O–H groups in total. The topological polar surface area (TPSA) is 118 Å². The third kappa shape index (κ3) is 4.87. The molecular formula is C21H22F3N7O3. The summed E-state index contributed by atoms with van der Waals surface area (Å²) in [5, 5.41) is 9.19. The second-order valence-corrected chi connectivity index (χ2v) is 8.52. The molecule has 1 aliphatic heterocycles. The van der Waals surface area contributed by atoms with E-state index in [1.807, 2.05) is 13.8 Å². The number of aryl methyl sites for hydroxylation is 1. The minimum Gasteiger partial charge on any atom is -0.444 e. The molecule has 2 amide bonds. The van der Waals surface area contributed by atoms with Gasteiger partial charge in [-0.25, -0.2) is 9.97 Å². The number of nitrogens with one attached hydrogen (secondary N) is 2. The molecule has 0 aromatic carbocycles. The van der Waals surface area contributed by atoms with E-state index in [1.165, 1.54) is 27.9 Å². The minimum atomic E-state index is -4.40. The molecular weight excluding hydrogens is 455 g/mol. The van der Waals surface area contributed by atoms with Gasteiger partial charge < -0.3 is 15.1 Å². The molecule has 34 heavy (non-hydrogen) atoms. The Bertz CT molecular complexity index is 1230. The van der Waals surface area contributed by atoms with E-state index in [1.54, 1.807) is 13.2 Å². The molecule has 0 saturated carbocycles. The maximum absolute atomic E-state index is 12.8. The number of oxazole rings is 1. The van der Waals surface area contributed by atoms with Crippen LogP contribution in [0.4, 0.5) is 30.5 Å². The van der Waals surface area contributed by atoms with E-state index in [0.717, 1.165) is 6.26 Å². The average Bonchev–Trinajstić information content (AvgIpc) is 3.45. The Morgan fingerprint density at radius 2 is 2.09 bits per heavy atom. The molecule has 1 aliphatic rings.